The molecular formula is C21H15F2N3O. The van der Waals surface area contributed by atoms with E-state index in [9.17, 15) is 13.6 Å². The molecule has 0 spiro atoms. The van der Waals surface area contributed by atoms with Crippen LogP contribution in [0.5, 0.6) is 0 Å². The molecule has 6 heteroatoms. The molecule has 2 aromatic heterocycles. The van der Waals surface area contributed by atoms with Crippen LogP contribution < -0.4 is 5.32 Å². The van der Waals surface area contributed by atoms with Gasteiger partial charge in [0.05, 0.1) is 5.69 Å². The summed E-state index contributed by atoms with van der Waals surface area (Å²) in [7, 11) is 0. The van der Waals surface area contributed by atoms with E-state index in [4.69, 9.17) is 0 Å². The topological polar surface area (TPSA) is 46.4 Å². The molecule has 0 bridgehead atoms. The predicted molar refractivity (Wildman–Crippen MR) is 99.7 cm³/mol. The summed E-state index contributed by atoms with van der Waals surface area (Å²) in [6, 6.07) is 14.2. The average Bonchev–Trinajstić information content (AvgIpc) is 3.10. The Morgan fingerprint density at radius 2 is 1.81 bits per heavy atom. The number of pyridine rings is 1. The molecule has 0 saturated heterocycles. The number of hydrogen-bond donors (Lipinski definition) is 1. The van der Waals surface area contributed by atoms with Gasteiger partial charge in [0, 0.05) is 29.2 Å². The fourth-order valence-electron chi connectivity index (χ4n) is 2.86. The van der Waals surface area contributed by atoms with Gasteiger partial charge in [-0.25, -0.2) is 13.8 Å². The lowest BCUT2D eigenvalue weighted by Gasteiger charge is -2.06. The molecule has 4 aromatic rings. The second-order valence-electron chi connectivity index (χ2n) is 6.21. The number of nitrogens with one attached hydrogen (secondary N) is 1. The maximum Gasteiger partial charge on any atom is 0.255 e. The number of benzene rings is 2. The molecule has 0 unspecified atom stereocenters. The van der Waals surface area contributed by atoms with Gasteiger partial charge in [-0.15, -0.1) is 0 Å². The van der Waals surface area contributed by atoms with Crippen LogP contribution in [0.2, 0.25) is 0 Å². The molecule has 4 rings (SSSR count). The molecule has 0 aliphatic rings. The van der Waals surface area contributed by atoms with Crippen LogP contribution in [0.1, 0.15) is 15.9 Å². The highest BCUT2D eigenvalue weighted by atomic mass is 19.2. The number of rotatable bonds is 3. The maximum absolute atomic E-state index is 13.3. The molecule has 1 N–H and O–H groups in total. The molecule has 134 valence electrons. The molecule has 0 aliphatic heterocycles. The van der Waals surface area contributed by atoms with Gasteiger partial charge in [-0.05, 0) is 48.9 Å². The molecule has 2 aromatic carbocycles. The molecule has 0 fully saturated rings. The smallest absolute Gasteiger partial charge is 0.255 e. The van der Waals surface area contributed by atoms with E-state index in [1.165, 1.54) is 6.07 Å². The van der Waals surface area contributed by atoms with Crippen molar-refractivity contribution in [1.82, 2.24) is 9.38 Å². The van der Waals surface area contributed by atoms with Gasteiger partial charge < -0.3 is 9.72 Å². The second kappa shape index (κ2) is 6.64. The molecule has 0 saturated carbocycles. The molecule has 27 heavy (non-hydrogen) atoms. The Hall–Kier alpha value is -3.54. The number of anilines is 1. The predicted octanol–water partition coefficient (Wildman–Crippen LogP) is 4.84. The van der Waals surface area contributed by atoms with E-state index in [-0.39, 0.29) is 5.56 Å². The third-order valence-corrected chi connectivity index (χ3v) is 4.30. The lowest BCUT2D eigenvalue weighted by molar-refractivity contribution is 0.102. The van der Waals surface area contributed by atoms with Crippen molar-refractivity contribution in [2.75, 3.05) is 5.32 Å². The number of fused-ring (bicyclic) bond motifs is 1. The van der Waals surface area contributed by atoms with Crippen molar-refractivity contribution in [2.24, 2.45) is 0 Å². The third-order valence-electron chi connectivity index (χ3n) is 4.30. The van der Waals surface area contributed by atoms with Crippen LogP contribution >= 0.6 is 0 Å². The fourth-order valence-corrected chi connectivity index (χ4v) is 2.86. The zero-order valence-electron chi connectivity index (χ0n) is 14.4. The normalized spacial score (nSPS) is 10.9. The van der Waals surface area contributed by atoms with E-state index < -0.39 is 17.5 Å². The highest BCUT2D eigenvalue weighted by Gasteiger charge is 2.11. The summed E-state index contributed by atoms with van der Waals surface area (Å²) in [4.78, 5) is 16.8. The summed E-state index contributed by atoms with van der Waals surface area (Å²) in [5.41, 5.74) is 4.30. The second-order valence-corrected chi connectivity index (χ2v) is 6.21. The van der Waals surface area contributed by atoms with E-state index in [1.54, 1.807) is 12.1 Å². The van der Waals surface area contributed by atoms with E-state index in [1.807, 2.05) is 48.0 Å². The number of amides is 1. The monoisotopic (exact) mass is 363 g/mol. The fraction of sp³-hybridized carbons (Fsp3) is 0.0476. The molecular weight excluding hydrogens is 348 g/mol. The number of hydrogen-bond acceptors (Lipinski definition) is 2. The molecule has 0 atom stereocenters. The number of imidazole rings is 1. The van der Waals surface area contributed by atoms with Crippen LogP contribution in [-0.4, -0.2) is 15.3 Å². The summed E-state index contributed by atoms with van der Waals surface area (Å²) in [5.74, 6) is -2.55. The first kappa shape index (κ1) is 16.9. The first-order valence-corrected chi connectivity index (χ1v) is 8.32. The molecule has 2 heterocycles. The minimum absolute atomic E-state index is 0.0498. The zero-order valence-corrected chi connectivity index (χ0v) is 14.4. The number of nitrogens with zero attached hydrogens (tertiary/aromatic N) is 2. The quantitative estimate of drug-likeness (QED) is 0.566. The van der Waals surface area contributed by atoms with Crippen LogP contribution in [-0.2, 0) is 0 Å². The summed E-state index contributed by atoms with van der Waals surface area (Å²) < 4.78 is 28.2. The van der Waals surface area contributed by atoms with Gasteiger partial charge in [-0.1, -0.05) is 18.2 Å². The van der Waals surface area contributed by atoms with Crippen molar-refractivity contribution >= 4 is 17.2 Å². The highest BCUT2D eigenvalue weighted by molar-refractivity contribution is 6.04. The Morgan fingerprint density at radius 3 is 2.52 bits per heavy atom. The Labute approximate surface area is 154 Å². The van der Waals surface area contributed by atoms with Gasteiger partial charge in [0.2, 0.25) is 0 Å². The SMILES string of the molecule is Cc1cccn2cc(-c3ccc(NC(=O)c4ccc(F)c(F)c4)cc3)nc12. The van der Waals surface area contributed by atoms with E-state index in [0.717, 1.165) is 34.6 Å². The van der Waals surface area contributed by atoms with Crippen molar-refractivity contribution in [2.45, 2.75) is 6.92 Å². The summed E-state index contributed by atoms with van der Waals surface area (Å²) in [5, 5.41) is 2.67. The van der Waals surface area contributed by atoms with Gasteiger partial charge in [0.15, 0.2) is 11.6 Å². The van der Waals surface area contributed by atoms with Gasteiger partial charge >= 0.3 is 0 Å². The summed E-state index contributed by atoms with van der Waals surface area (Å²) >= 11 is 0. The Morgan fingerprint density at radius 1 is 1.04 bits per heavy atom. The largest absolute Gasteiger partial charge is 0.322 e. The first-order chi connectivity index (χ1) is 13.0. The van der Waals surface area contributed by atoms with Crippen LogP contribution in [0.3, 0.4) is 0 Å². The van der Waals surface area contributed by atoms with Crippen molar-refractivity contribution in [3.05, 3.63) is 89.8 Å². The van der Waals surface area contributed by atoms with Crippen LogP contribution in [0.15, 0.2) is 67.0 Å². The van der Waals surface area contributed by atoms with Crippen molar-refractivity contribution in [3.63, 3.8) is 0 Å². The molecule has 0 radical (unpaired) electrons. The van der Waals surface area contributed by atoms with E-state index in [0.29, 0.717) is 5.69 Å². The Bertz CT molecular complexity index is 1150. The highest BCUT2D eigenvalue weighted by Crippen LogP contribution is 2.23. The molecule has 4 nitrogen and oxygen atoms in total. The maximum atomic E-state index is 13.3. The number of aromatic nitrogens is 2. The third kappa shape index (κ3) is 3.29. The Balaban J connectivity index is 1.55. The number of carbonyl (C=O) groups excluding carboxylic acids is 1. The first-order valence-electron chi connectivity index (χ1n) is 8.32. The Kier molecular flexibility index (Phi) is 4.16. The van der Waals surface area contributed by atoms with Crippen LogP contribution in [0.25, 0.3) is 16.9 Å². The minimum atomic E-state index is -1.06. The van der Waals surface area contributed by atoms with E-state index >= 15 is 0 Å². The average molecular weight is 363 g/mol. The molecule has 1 amide bonds. The number of halogens is 2. The minimum Gasteiger partial charge on any atom is -0.322 e. The lowest BCUT2D eigenvalue weighted by Crippen LogP contribution is -2.12. The summed E-state index contributed by atoms with van der Waals surface area (Å²) in [6.07, 6.45) is 3.88. The lowest BCUT2D eigenvalue weighted by atomic mass is 10.1. The standard InChI is InChI=1S/C21H15F2N3O/c1-13-3-2-10-26-12-19(25-20(13)26)14-4-7-16(8-5-14)24-21(27)15-6-9-17(22)18(23)11-15/h2-12H,1H3,(H,24,27). The van der Waals surface area contributed by atoms with Gasteiger partial charge in [-0.2, -0.15) is 0 Å². The zero-order chi connectivity index (χ0) is 19.0. The molecule has 0 aliphatic carbocycles. The van der Waals surface area contributed by atoms with Gasteiger partial charge in [0.1, 0.15) is 5.65 Å². The van der Waals surface area contributed by atoms with Crippen molar-refractivity contribution < 1.29 is 13.6 Å². The van der Waals surface area contributed by atoms with Crippen molar-refractivity contribution in [1.29, 1.82) is 0 Å². The number of carbonyl (C=O) groups is 1. The summed E-state index contributed by atoms with van der Waals surface area (Å²) in [6.45, 7) is 2.00. The number of aryl methyl sites for hydroxylation is 1. The van der Waals surface area contributed by atoms with Gasteiger partial charge in [-0.3, -0.25) is 4.79 Å². The van der Waals surface area contributed by atoms with Crippen molar-refractivity contribution in [3.8, 4) is 11.3 Å². The van der Waals surface area contributed by atoms with E-state index in [2.05, 4.69) is 10.3 Å². The van der Waals surface area contributed by atoms with Crippen LogP contribution in [0, 0.1) is 18.6 Å². The van der Waals surface area contributed by atoms with Gasteiger partial charge in [0.25, 0.3) is 5.91 Å². The van der Waals surface area contributed by atoms with Crippen LogP contribution in [0.4, 0.5) is 14.5 Å².